The van der Waals surface area contributed by atoms with Gasteiger partial charge in [-0.1, -0.05) is 18.2 Å². The third kappa shape index (κ3) is 3.42. The summed E-state index contributed by atoms with van der Waals surface area (Å²) in [5.41, 5.74) is 0.105. The molecule has 2 rings (SSSR count). The lowest BCUT2D eigenvalue weighted by atomic mass is 10.1. The van der Waals surface area contributed by atoms with E-state index in [4.69, 9.17) is 11.6 Å². The number of piperazine rings is 1. The van der Waals surface area contributed by atoms with Crippen molar-refractivity contribution in [2.75, 3.05) is 19.6 Å². The van der Waals surface area contributed by atoms with Gasteiger partial charge in [0.05, 0.1) is 17.3 Å². The Hall–Kier alpha value is -1.82. The molecule has 0 saturated carbocycles. The van der Waals surface area contributed by atoms with Gasteiger partial charge in [0.1, 0.15) is 5.15 Å². The number of amides is 2. The second-order valence-electron chi connectivity index (χ2n) is 6.77. The fraction of sp³-hybridized carbons (Fsp3) is 0.562. The molecule has 126 valence electrons. The molecule has 0 bridgehead atoms. The first kappa shape index (κ1) is 17.5. The van der Waals surface area contributed by atoms with Crippen LogP contribution in [0.1, 0.15) is 38.1 Å². The van der Waals surface area contributed by atoms with E-state index in [0.717, 1.165) is 0 Å². The molecule has 6 nitrogen and oxygen atoms in total. The van der Waals surface area contributed by atoms with Gasteiger partial charge >= 0.3 is 0 Å². The highest BCUT2D eigenvalue weighted by Gasteiger charge is 2.32. The Kier molecular flexibility index (Phi) is 4.84. The topological polar surface area (TPSA) is 58.4 Å². The van der Waals surface area contributed by atoms with Crippen molar-refractivity contribution < 1.29 is 9.59 Å². The summed E-state index contributed by atoms with van der Waals surface area (Å²) in [5.74, 6) is -0.258. The van der Waals surface area contributed by atoms with Gasteiger partial charge in [0.2, 0.25) is 5.91 Å². The number of nitrogens with zero attached hydrogens (tertiary/aromatic N) is 4. The van der Waals surface area contributed by atoms with Crippen LogP contribution in [0.25, 0.3) is 0 Å². The molecule has 23 heavy (non-hydrogen) atoms. The average Bonchev–Trinajstić information content (AvgIpc) is 2.87. The standard InChI is InChI=1S/C16H23ClN4O2/c1-6-13(22)19-7-8-20(11(2)10-19)15(23)12-9-18-21(14(12)17)16(3,4)5/h6,9,11H,1,7-8,10H2,2-5H3/t11-/m0/s1. The number of aromatic nitrogens is 2. The molecule has 7 heteroatoms. The van der Waals surface area contributed by atoms with Crippen LogP contribution in [0.3, 0.4) is 0 Å². The van der Waals surface area contributed by atoms with Crippen molar-refractivity contribution in [3.05, 3.63) is 29.6 Å². The maximum absolute atomic E-state index is 12.8. The molecule has 0 spiro atoms. The zero-order valence-corrected chi connectivity index (χ0v) is 14.8. The molecule has 2 amide bonds. The van der Waals surface area contributed by atoms with Crippen LogP contribution in [0.4, 0.5) is 0 Å². The number of carbonyl (C=O) groups is 2. The number of hydrogen-bond donors (Lipinski definition) is 0. The van der Waals surface area contributed by atoms with Crippen molar-refractivity contribution in [1.82, 2.24) is 19.6 Å². The molecule has 1 aromatic rings. The van der Waals surface area contributed by atoms with Crippen LogP contribution in [0.2, 0.25) is 5.15 Å². The van der Waals surface area contributed by atoms with E-state index < -0.39 is 0 Å². The fourth-order valence-corrected chi connectivity index (χ4v) is 3.11. The van der Waals surface area contributed by atoms with Gasteiger partial charge in [-0.3, -0.25) is 9.59 Å². The van der Waals surface area contributed by atoms with E-state index in [-0.39, 0.29) is 23.4 Å². The van der Waals surface area contributed by atoms with Crippen molar-refractivity contribution in [3.8, 4) is 0 Å². The number of halogens is 1. The van der Waals surface area contributed by atoms with Crippen molar-refractivity contribution in [2.24, 2.45) is 0 Å². The summed E-state index contributed by atoms with van der Waals surface area (Å²) in [6, 6.07) is -0.0887. The minimum atomic E-state index is -0.295. The summed E-state index contributed by atoms with van der Waals surface area (Å²) >= 11 is 6.35. The molecule has 0 aliphatic carbocycles. The van der Waals surface area contributed by atoms with Crippen molar-refractivity contribution in [3.63, 3.8) is 0 Å². The Morgan fingerprint density at radius 1 is 1.39 bits per heavy atom. The molecule has 1 aromatic heterocycles. The zero-order chi connectivity index (χ0) is 17.4. The van der Waals surface area contributed by atoms with Gasteiger partial charge in [0.25, 0.3) is 5.91 Å². The molecule has 1 saturated heterocycles. The second kappa shape index (κ2) is 6.35. The lowest BCUT2D eigenvalue weighted by molar-refractivity contribution is -0.128. The van der Waals surface area contributed by atoms with E-state index in [1.54, 1.807) is 14.5 Å². The molecular weight excluding hydrogens is 316 g/mol. The van der Waals surface area contributed by atoms with E-state index in [9.17, 15) is 9.59 Å². The molecule has 0 unspecified atom stereocenters. The minimum absolute atomic E-state index is 0.0887. The Labute approximate surface area is 141 Å². The summed E-state index contributed by atoms with van der Waals surface area (Å²) < 4.78 is 1.64. The SMILES string of the molecule is C=CC(=O)N1CCN(C(=O)c2cnn(C(C)(C)C)c2Cl)[C@@H](C)C1. The van der Waals surface area contributed by atoms with Crippen molar-refractivity contribution in [2.45, 2.75) is 39.3 Å². The molecule has 0 N–H and O–H groups in total. The predicted molar refractivity (Wildman–Crippen MR) is 89.5 cm³/mol. The lowest BCUT2D eigenvalue weighted by Gasteiger charge is -2.39. The number of hydrogen-bond acceptors (Lipinski definition) is 3. The number of rotatable bonds is 2. The van der Waals surface area contributed by atoms with Gasteiger partial charge in [-0.15, -0.1) is 0 Å². The highest BCUT2D eigenvalue weighted by molar-refractivity contribution is 6.32. The monoisotopic (exact) mass is 338 g/mol. The van der Waals surface area contributed by atoms with Gasteiger partial charge in [0.15, 0.2) is 0 Å². The summed E-state index contributed by atoms with van der Waals surface area (Å²) in [5, 5.41) is 4.59. The molecule has 1 atom stereocenters. The summed E-state index contributed by atoms with van der Waals surface area (Å²) in [7, 11) is 0. The van der Waals surface area contributed by atoms with Crippen LogP contribution in [0, 0.1) is 0 Å². The third-order valence-electron chi connectivity index (χ3n) is 3.95. The van der Waals surface area contributed by atoms with Crippen molar-refractivity contribution in [1.29, 1.82) is 0 Å². The Morgan fingerprint density at radius 3 is 2.52 bits per heavy atom. The molecule has 0 aromatic carbocycles. The largest absolute Gasteiger partial charge is 0.335 e. The summed E-state index contributed by atoms with van der Waals surface area (Å²) in [4.78, 5) is 27.9. The van der Waals surface area contributed by atoms with E-state index >= 15 is 0 Å². The first-order chi connectivity index (χ1) is 10.7. The summed E-state index contributed by atoms with van der Waals surface area (Å²) in [6.45, 7) is 12.8. The van der Waals surface area contributed by atoms with Crippen LogP contribution < -0.4 is 0 Å². The quantitative estimate of drug-likeness (QED) is 0.776. The smallest absolute Gasteiger partial charge is 0.258 e. The van der Waals surface area contributed by atoms with Crippen LogP contribution in [-0.2, 0) is 10.3 Å². The molecule has 1 aliphatic rings. The Morgan fingerprint density at radius 2 is 2.04 bits per heavy atom. The first-order valence-corrected chi connectivity index (χ1v) is 8.01. The van der Waals surface area contributed by atoms with Gasteiger partial charge in [-0.05, 0) is 33.8 Å². The Balaban J connectivity index is 2.18. The van der Waals surface area contributed by atoms with Gasteiger partial charge in [0, 0.05) is 25.7 Å². The van der Waals surface area contributed by atoms with Gasteiger partial charge < -0.3 is 9.80 Å². The fourth-order valence-electron chi connectivity index (χ4n) is 2.69. The van der Waals surface area contributed by atoms with Gasteiger partial charge in [-0.25, -0.2) is 4.68 Å². The van der Waals surface area contributed by atoms with Crippen LogP contribution in [-0.4, -0.2) is 57.1 Å². The first-order valence-electron chi connectivity index (χ1n) is 7.63. The minimum Gasteiger partial charge on any atom is -0.335 e. The molecular formula is C16H23ClN4O2. The maximum atomic E-state index is 12.8. The second-order valence-corrected chi connectivity index (χ2v) is 7.13. The number of carbonyl (C=O) groups excluding carboxylic acids is 2. The van der Waals surface area contributed by atoms with E-state index in [2.05, 4.69) is 11.7 Å². The lowest BCUT2D eigenvalue weighted by Crippen LogP contribution is -2.55. The van der Waals surface area contributed by atoms with Gasteiger partial charge in [-0.2, -0.15) is 5.10 Å². The van der Waals surface area contributed by atoms with E-state index in [1.165, 1.54) is 12.3 Å². The van der Waals surface area contributed by atoms with Crippen molar-refractivity contribution >= 4 is 23.4 Å². The van der Waals surface area contributed by atoms with Crippen LogP contribution >= 0.6 is 11.6 Å². The maximum Gasteiger partial charge on any atom is 0.258 e. The average molecular weight is 339 g/mol. The predicted octanol–water partition coefficient (Wildman–Crippen LogP) is 2.15. The highest BCUT2D eigenvalue weighted by Crippen LogP contribution is 2.25. The van der Waals surface area contributed by atoms with Crippen LogP contribution in [0.5, 0.6) is 0 Å². The molecule has 1 aliphatic heterocycles. The Bertz CT molecular complexity index is 633. The third-order valence-corrected chi connectivity index (χ3v) is 4.31. The molecule has 0 radical (unpaired) electrons. The molecule has 1 fully saturated rings. The van der Waals surface area contributed by atoms with E-state index in [0.29, 0.717) is 30.4 Å². The highest BCUT2D eigenvalue weighted by atomic mass is 35.5. The summed E-state index contributed by atoms with van der Waals surface area (Å²) in [6.07, 6.45) is 2.82. The zero-order valence-electron chi connectivity index (χ0n) is 14.0. The normalized spacial score (nSPS) is 18.9. The van der Waals surface area contributed by atoms with E-state index in [1.807, 2.05) is 27.7 Å². The molecule has 2 heterocycles. The van der Waals surface area contributed by atoms with Crippen LogP contribution in [0.15, 0.2) is 18.9 Å².